The van der Waals surface area contributed by atoms with Crippen LogP contribution in [0.3, 0.4) is 0 Å². The molecule has 0 saturated heterocycles. The lowest BCUT2D eigenvalue weighted by Gasteiger charge is -2.26. The van der Waals surface area contributed by atoms with Crippen molar-refractivity contribution in [1.82, 2.24) is 0 Å². The summed E-state index contributed by atoms with van der Waals surface area (Å²) in [6.07, 6.45) is 12.4. The number of aromatic hydroxyl groups is 3. The van der Waals surface area contributed by atoms with Crippen LogP contribution in [0.15, 0.2) is 48.5 Å². The zero-order valence-corrected chi connectivity index (χ0v) is 22.2. The molecule has 0 aromatic heterocycles. The molecule has 0 spiro atoms. The van der Waals surface area contributed by atoms with Crippen molar-refractivity contribution in [2.75, 3.05) is 0 Å². The third kappa shape index (κ3) is 6.24. The predicted octanol–water partition coefficient (Wildman–Crippen LogP) is 9.18. The summed E-state index contributed by atoms with van der Waals surface area (Å²) >= 11 is 0. The number of phenolic OH excluding ortho intramolecular Hbond substituents is 3. The summed E-state index contributed by atoms with van der Waals surface area (Å²) in [6, 6.07) is 15.5. The zero-order valence-electron chi connectivity index (χ0n) is 22.2. The third-order valence-electron chi connectivity index (χ3n) is 8.13. The van der Waals surface area contributed by atoms with Gasteiger partial charge >= 0.3 is 0 Å². The van der Waals surface area contributed by atoms with Crippen LogP contribution < -0.4 is 0 Å². The van der Waals surface area contributed by atoms with E-state index in [9.17, 15) is 10.2 Å². The van der Waals surface area contributed by atoms with Gasteiger partial charge in [0.15, 0.2) is 0 Å². The zero-order chi connectivity index (χ0) is 25.7. The maximum Gasteiger partial charge on any atom is 0.119 e. The maximum atomic E-state index is 10.6. The molecular weight excluding hydrogens is 444 g/mol. The Morgan fingerprint density at radius 2 is 1.00 bits per heavy atom. The molecule has 3 nitrogen and oxygen atoms in total. The first-order valence-corrected chi connectivity index (χ1v) is 13.8. The largest absolute Gasteiger partial charge is 0.508 e. The van der Waals surface area contributed by atoms with E-state index in [0.29, 0.717) is 29.1 Å². The van der Waals surface area contributed by atoms with Gasteiger partial charge in [-0.25, -0.2) is 0 Å². The van der Waals surface area contributed by atoms with Crippen molar-refractivity contribution in [2.24, 2.45) is 0 Å². The van der Waals surface area contributed by atoms with Crippen LogP contribution in [0.5, 0.6) is 17.2 Å². The van der Waals surface area contributed by atoms with Crippen LogP contribution in [0.4, 0.5) is 0 Å². The fourth-order valence-corrected chi connectivity index (χ4v) is 6.11. The predicted molar refractivity (Wildman–Crippen MR) is 149 cm³/mol. The molecule has 2 fully saturated rings. The molecule has 3 aromatic rings. The maximum absolute atomic E-state index is 10.6. The van der Waals surface area contributed by atoms with Crippen LogP contribution in [0.2, 0.25) is 0 Å². The molecule has 5 rings (SSSR count). The summed E-state index contributed by atoms with van der Waals surface area (Å²) in [5, 5.41) is 30.1. The van der Waals surface area contributed by atoms with Gasteiger partial charge < -0.3 is 15.3 Å². The Morgan fingerprint density at radius 1 is 0.556 bits per heavy atom. The van der Waals surface area contributed by atoms with E-state index < -0.39 is 0 Å². The highest BCUT2D eigenvalue weighted by atomic mass is 16.3. The Kier molecular flexibility index (Phi) is 8.61. The summed E-state index contributed by atoms with van der Waals surface area (Å²) in [5.41, 5.74) is 7.98. The lowest BCUT2D eigenvalue weighted by atomic mass is 9.80. The first-order chi connectivity index (χ1) is 17.3. The topological polar surface area (TPSA) is 60.7 Å². The number of phenols is 3. The van der Waals surface area contributed by atoms with Gasteiger partial charge in [0, 0.05) is 0 Å². The first-order valence-electron chi connectivity index (χ1n) is 13.8. The lowest BCUT2D eigenvalue weighted by Crippen LogP contribution is -2.07. The molecule has 3 N–H and O–H groups in total. The van der Waals surface area contributed by atoms with E-state index >= 15 is 0 Å². The van der Waals surface area contributed by atoms with Crippen molar-refractivity contribution < 1.29 is 15.3 Å². The van der Waals surface area contributed by atoms with Crippen molar-refractivity contribution in [3.63, 3.8) is 0 Å². The Balaban J connectivity index is 0.000000325. The summed E-state index contributed by atoms with van der Waals surface area (Å²) in [6.45, 7) is 6.12. The molecule has 3 heteroatoms. The molecule has 0 bridgehead atoms. The minimum atomic E-state index is 0.338. The van der Waals surface area contributed by atoms with Gasteiger partial charge in [0.1, 0.15) is 17.2 Å². The lowest BCUT2D eigenvalue weighted by molar-refractivity contribution is 0.413. The van der Waals surface area contributed by atoms with Gasteiger partial charge in [-0.05, 0) is 134 Å². The second kappa shape index (κ2) is 11.9. The molecule has 0 heterocycles. The van der Waals surface area contributed by atoms with Crippen LogP contribution in [0.25, 0.3) is 11.1 Å². The molecule has 0 radical (unpaired) electrons. The molecule has 36 heavy (non-hydrogen) atoms. The highest BCUT2D eigenvalue weighted by molar-refractivity contribution is 5.74. The second-order valence-corrected chi connectivity index (χ2v) is 11.0. The van der Waals surface area contributed by atoms with E-state index in [1.807, 2.05) is 31.2 Å². The Bertz CT molecular complexity index is 1080. The molecule has 2 aliphatic carbocycles. The number of rotatable bonds is 3. The van der Waals surface area contributed by atoms with Crippen LogP contribution in [0, 0.1) is 20.8 Å². The minimum absolute atomic E-state index is 0.338. The highest BCUT2D eigenvalue weighted by Crippen LogP contribution is 2.44. The van der Waals surface area contributed by atoms with Crippen LogP contribution in [-0.4, -0.2) is 15.3 Å². The minimum Gasteiger partial charge on any atom is -0.508 e. The second-order valence-electron chi connectivity index (χ2n) is 11.0. The molecule has 2 saturated carbocycles. The molecule has 192 valence electrons. The number of aryl methyl sites for hydroxylation is 3. The van der Waals surface area contributed by atoms with Gasteiger partial charge in [0.05, 0.1) is 0 Å². The fourth-order valence-electron chi connectivity index (χ4n) is 6.11. The standard InChI is InChI=1S/C26H34O2.C7H8O/c1-17-13-25(27)23(19-9-5-3-6-10-19)15-21(17)22-16-24(26(28)14-18(22)2)20-11-7-4-8-12-20;1-6-3-2-4-7(8)5-6/h13-16,19-20,27-28H,3-12H2,1-2H3;2-5,8H,1H3. The fraction of sp³-hybridized carbons (Fsp3) is 0.455. The van der Waals surface area contributed by atoms with Crippen molar-refractivity contribution in [1.29, 1.82) is 0 Å². The van der Waals surface area contributed by atoms with Gasteiger partial charge in [-0.15, -0.1) is 0 Å². The number of benzene rings is 3. The highest BCUT2D eigenvalue weighted by Gasteiger charge is 2.23. The first kappa shape index (κ1) is 26.1. The Labute approximate surface area is 216 Å². The number of hydrogen-bond acceptors (Lipinski definition) is 3. The van der Waals surface area contributed by atoms with E-state index in [1.165, 1.54) is 75.3 Å². The average Bonchev–Trinajstić information content (AvgIpc) is 2.86. The normalized spacial score (nSPS) is 16.9. The van der Waals surface area contributed by atoms with Crippen molar-refractivity contribution in [2.45, 2.75) is 96.8 Å². The number of hydrogen-bond donors (Lipinski definition) is 3. The summed E-state index contributed by atoms with van der Waals surface area (Å²) in [7, 11) is 0. The molecule has 0 amide bonds. The van der Waals surface area contributed by atoms with Gasteiger partial charge in [0.2, 0.25) is 0 Å². The van der Waals surface area contributed by atoms with Crippen molar-refractivity contribution in [3.05, 3.63) is 76.3 Å². The third-order valence-corrected chi connectivity index (χ3v) is 8.13. The monoisotopic (exact) mass is 486 g/mol. The van der Waals surface area contributed by atoms with Gasteiger partial charge in [-0.2, -0.15) is 0 Å². The summed E-state index contributed by atoms with van der Waals surface area (Å²) in [5.74, 6) is 2.20. The van der Waals surface area contributed by atoms with E-state index in [1.54, 1.807) is 12.1 Å². The molecule has 3 aromatic carbocycles. The molecule has 2 aliphatic rings. The molecule has 0 atom stereocenters. The Hall–Kier alpha value is -2.94. The molecule has 0 aliphatic heterocycles. The molecular formula is C33H42O3. The Morgan fingerprint density at radius 3 is 1.36 bits per heavy atom. The van der Waals surface area contributed by atoms with Gasteiger partial charge in [0.25, 0.3) is 0 Å². The van der Waals surface area contributed by atoms with Crippen molar-refractivity contribution in [3.8, 4) is 28.4 Å². The van der Waals surface area contributed by atoms with E-state index in [4.69, 9.17) is 5.11 Å². The van der Waals surface area contributed by atoms with E-state index in [0.717, 1.165) is 27.8 Å². The van der Waals surface area contributed by atoms with Gasteiger partial charge in [-0.1, -0.05) is 50.7 Å². The average molecular weight is 487 g/mol. The van der Waals surface area contributed by atoms with Crippen LogP contribution >= 0.6 is 0 Å². The summed E-state index contributed by atoms with van der Waals surface area (Å²) in [4.78, 5) is 0. The molecule has 0 unspecified atom stereocenters. The summed E-state index contributed by atoms with van der Waals surface area (Å²) < 4.78 is 0. The van der Waals surface area contributed by atoms with Gasteiger partial charge in [-0.3, -0.25) is 0 Å². The SMILES string of the molecule is Cc1cc(O)c(C2CCCCC2)cc1-c1cc(C2CCCCC2)c(O)cc1C.Cc1cccc(O)c1. The van der Waals surface area contributed by atoms with Crippen LogP contribution in [0.1, 0.15) is 104 Å². The van der Waals surface area contributed by atoms with Crippen LogP contribution in [-0.2, 0) is 0 Å². The smallest absolute Gasteiger partial charge is 0.119 e. The van der Waals surface area contributed by atoms with E-state index in [-0.39, 0.29) is 0 Å². The van der Waals surface area contributed by atoms with E-state index in [2.05, 4.69) is 26.0 Å². The van der Waals surface area contributed by atoms with Crippen molar-refractivity contribution >= 4 is 0 Å². The quantitative estimate of drug-likeness (QED) is 0.346.